The van der Waals surface area contributed by atoms with E-state index in [4.69, 9.17) is 4.42 Å². The van der Waals surface area contributed by atoms with Crippen molar-refractivity contribution < 1.29 is 14.0 Å². The molecule has 1 fully saturated rings. The number of aryl methyl sites for hydroxylation is 1. The number of aromatic nitrogens is 2. The Hall–Kier alpha value is -2.22. The van der Waals surface area contributed by atoms with Crippen LogP contribution >= 0.6 is 11.3 Å². The van der Waals surface area contributed by atoms with Crippen molar-refractivity contribution in [2.24, 2.45) is 0 Å². The SMILES string of the molecule is O=CN1CCN(C(=O)CCc2nnc(-c3cccs3)o2)CC1. The maximum atomic E-state index is 12.1. The van der Waals surface area contributed by atoms with Crippen molar-refractivity contribution in [2.45, 2.75) is 12.8 Å². The first-order valence-electron chi connectivity index (χ1n) is 7.09. The molecule has 0 aromatic carbocycles. The molecular formula is C14H16N4O3S. The molecule has 1 aliphatic rings. The summed E-state index contributed by atoms with van der Waals surface area (Å²) in [6, 6.07) is 3.84. The molecule has 0 bridgehead atoms. The highest BCUT2D eigenvalue weighted by Gasteiger charge is 2.20. The van der Waals surface area contributed by atoms with Gasteiger partial charge in [0.2, 0.25) is 18.2 Å². The fraction of sp³-hybridized carbons (Fsp3) is 0.429. The molecule has 3 heterocycles. The van der Waals surface area contributed by atoms with E-state index in [2.05, 4.69) is 10.2 Å². The standard InChI is InChI=1S/C14H16N4O3S/c19-10-17-5-7-18(8-6-17)13(20)4-3-12-15-16-14(21-12)11-2-1-9-22-11/h1-2,9-10H,3-8H2. The summed E-state index contributed by atoms with van der Waals surface area (Å²) in [6.45, 7) is 2.36. The van der Waals surface area contributed by atoms with Crippen LogP contribution in [0.25, 0.3) is 10.8 Å². The fourth-order valence-electron chi connectivity index (χ4n) is 2.30. The zero-order valence-electron chi connectivity index (χ0n) is 12.0. The number of carbonyl (C=O) groups excluding carboxylic acids is 2. The summed E-state index contributed by atoms with van der Waals surface area (Å²) in [5.41, 5.74) is 0. The van der Waals surface area contributed by atoms with E-state index in [1.54, 1.807) is 9.80 Å². The van der Waals surface area contributed by atoms with Gasteiger partial charge in [0.05, 0.1) is 4.88 Å². The Balaban J connectivity index is 1.50. The Morgan fingerprint density at radius 2 is 2.14 bits per heavy atom. The van der Waals surface area contributed by atoms with E-state index in [9.17, 15) is 9.59 Å². The van der Waals surface area contributed by atoms with E-state index in [0.29, 0.717) is 50.8 Å². The summed E-state index contributed by atoms with van der Waals surface area (Å²) in [5, 5.41) is 9.92. The highest BCUT2D eigenvalue weighted by Crippen LogP contribution is 2.23. The van der Waals surface area contributed by atoms with Gasteiger partial charge in [-0.25, -0.2) is 0 Å². The van der Waals surface area contributed by atoms with Gasteiger partial charge >= 0.3 is 0 Å². The lowest BCUT2D eigenvalue weighted by Gasteiger charge is -2.32. The van der Waals surface area contributed by atoms with E-state index in [1.165, 1.54) is 11.3 Å². The minimum atomic E-state index is 0.0569. The van der Waals surface area contributed by atoms with Crippen molar-refractivity contribution in [3.63, 3.8) is 0 Å². The minimum absolute atomic E-state index is 0.0569. The third-order valence-corrected chi connectivity index (χ3v) is 4.43. The summed E-state index contributed by atoms with van der Waals surface area (Å²) in [5.74, 6) is 1.03. The molecule has 0 unspecified atom stereocenters. The van der Waals surface area contributed by atoms with Crippen molar-refractivity contribution in [2.75, 3.05) is 26.2 Å². The van der Waals surface area contributed by atoms with Gasteiger partial charge in [0.25, 0.3) is 5.89 Å². The molecule has 1 saturated heterocycles. The second kappa shape index (κ2) is 6.69. The molecule has 2 aromatic heterocycles. The van der Waals surface area contributed by atoms with Gasteiger partial charge in [-0.3, -0.25) is 9.59 Å². The number of nitrogens with zero attached hydrogens (tertiary/aromatic N) is 4. The van der Waals surface area contributed by atoms with E-state index < -0.39 is 0 Å². The van der Waals surface area contributed by atoms with Crippen LogP contribution in [0, 0.1) is 0 Å². The van der Waals surface area contributed by atoms with Gasteiger partial charge in [-0.2, -0.15) is 0 Å². The molecule has 1 aliphatic heterocycles. The molecule has 116 valence electrons. The predicted octanol–water partition coefficient (Wildman–Crippen LogP) is 1.03. The minimum Gasteiger partial charge on any atom is -0.420 e. The van der Waals surface area contributed by atoms with Gasteiger partial charge < -0.3 is 14.2 Å². The normalized spacial score (nSPS) is 15.1. The number of carbonyl (C=O) groups is 2. The maximum absolute atomic E-state index is 12.1. The van der Waals surface area contributed by atoms with Crippen molar-refractivity contribution >= 4 is 23.7 Å². The molecular weight excluding hydrogens is 304 g/mol. The van der Waals surface area contributed by atoms with Gasteiger partial charge in [0.15, 0.2) is 0 Å². The third-order valence-electron chi connectivity index (χ3n) is 3.57. The van der Waals surface area contributed by atoms with E-state index in [-0.39, 0.29) is 5.91 Å². The molecule has 0 N–H and O–H groups in total. The van der Waals surface area contributed by atoms with Crippen LogP contribution < -0.4 is 0 Å². The van der Waals surface area contributed by atoms with E-state index >= 15 is 0 Å². The number of hydrogen-bond acceptors (Lipinski definition) is 6. The highest BCUT2D eigenvalue weighted by molar-refractivity contribution is 7.13. The summed E-state index contributed by atoms with van der Waals surface area (Å²) in [4.78, 5) is 27.2. The molecule has 8 heteroatoms. The van der Waals surface area contributed by atoms with Crippen LogP contribution in [-0.4, -0.2) is 58.5 Å². The lowest BCUT2D eigenvalue weighted by atomic mass is 10.2. The molecule has 0 radical (unpaired) electrons. The van der Waals surface area contributed by atoms with Crippen LogP contribution in [0.2, 0.25) is 0 Å². The van der Waals surface area contributed by atoms with Crippen LogP contribution in [0.4, 0.5) is 0 Å². The first-order chi connectivity index (χ1) is 10.8. The molecule has 0 spiro atoms. The largest absolute Gasteiger partial charge is 0.420 e. The highest BCUT2D eigenvalue weighted by atomic mass is 32.1. The lowest BCUT2D eigenvalue weighted by Crippen LogP contribution is -2.48. The van der Waals surface area contributed by atoms with Gasteiger partial charge in [-0.05, 0) is 11.4 Å². The van der Waals surface area contributed by atoms with Gasteiger partial charge in [-0.15, -0.1) is 21.5 Å². The molecule has 0 saturated carbocycles. The van der Waals surface area contributed by atoms with Gasteiger partial charge in [0, 0.05) is 39.0 Å². The second-order valence-electron chi connectivity index (χ2n) is 5.00. The molecule has 2 amide bonds. The zero-order valence-corrected chi connectivity index (χ0v) is 12.8. The van der Waals surface area contributed by atoms with Crippen LogP contribution in [0.1, 0.15) is 12.3 Å². The quantitative estimate of drug-likeness (QED) is 0.769. The molecule has 2 aromatic rings. The van der Waals surface area contributed by atoms with Gasteiger partial charge in [-0.1, -0.05) is 6.07 Å². The molecule has 3 rings (SSSR count). The molecule has 0 aliphatic carbocycles. The lowest BCUT2D eigenvalue weighted by molar-refractivity contribution is -0.135. The predicted molar refractivity (Wildman–Crippen MR) is 80.1 cm³/mol. The topological polar surface area (TPSA) is 79.5 Å². The fourth-order valence-corrected chi connectivity index (χ4v) is 2.95. The van der Waals surface area contributed by atoms with Gasteiger partial charge in [0.1, 0.15) is 0 Å². The number of amides is 2. The Bertz CT molecular complexity index is 632. The Kier molecular flexibility index (Phi) is 4.47. The molecule has 22 heavy (non-hydrogen) atoms. The van der Waals surface area contributed by atoms with Crippen molar-refractivity contribution in [1.29, 1.82) is 0 Å². The Labute approximate surface area is 131 Å². The summed E-state index contributed by atoms with van der Waals surface area (Å²) in [7, 11) is 0. The van der Waals surface area contributed by atoms with Crippen LogP contribution in [0.3, 0.4) is 0 Å². The number of hydrogen-bond donors (Lipinski definition) is 0. The summed E-state index contributed by atoms with van der Waals surface area (Å²) in [6.07, 6.45) is 1.60. The third kappa shape index (κ3) is 3.33. The number of piperazine rings is 1. The van der Waals surface area contributed by atoms with Crippen molar-refractivity contribution in [1.82, 2.24) is 20.0 Å². The molecule has 0 atom stereocenters. The second-order valence-corrected chi connectivity index (χ2v) is 5.95. The van der Waals surface area contributed by atoms with Crippen molar-refractivity contribution in [3.05, 3.63) is 23.4 Å². The summed E-state index contributed by atoms with van der Waals surface area (Å²) < 4.78 is 5.56. The first kappa shape index (κ1) is 14.7. The average molecular weight is 320 g/mol. The first-order valence-corrected chi connectivity index (χ1v) is 7.97. The number of thiophene rings is 1. The van der Waals surface area contributed by atoms with E-state index in [1.807, 2.05) is 17.5 Å². The Morgan fingerprint density at radius 3 is 2.82 bits per heavy atom. The van der Waals surface area contributed by atoms with Crippen molar-refractivity contribution in [3.8, 4) is 10.8 Å². The van der Waals surface area contributed by atoms with Crippen LogP contribution in [-0.2, 0) is 16.0 Å². The Morgan fingerprint density at radius 1 is 1.32 bits per heavy atom. The zero-order chi connectivity index (χ0) is 15.4. The number of rotatable bonds is 5. The average Bonchev–Trinajstić information content (AvgIpc) is 3.23. The van der Waals surface area contributed by atoms with Crippen LogP contribution in [0.5, 0.6) is 0 Å². The summed E-state index contributed by atoms with van der Waals surface area (Å²) >= 11 is 1.53. The monoisotopic (exact) mass is 320 g/mol. The maximum Gasteiger partial charge on any atom is 0.257 e. The molecule has 7 nitrogen and oxygen atoms in total. The smallest absolute Gasteiger partial charge is 0.257 e. The van der Waals surface area contributed by atoms with E-state index in [0.717, 1.165) is 11.3 Å². The van der Waals surface area contributed by atoms with Crippen LogP contribution in [0.15, 0.2) is 21.9 Å².